The average molecular weight is 375 g/mol. The molecule has 0 aliphatic carbocycles. The SMILES string of the molecule is Cl.O=C(CC1CC2CCC(C1)N2)NCc1cccc(OCC(F)F)c1. The molecule has 7 heteroatoms. The molecule has 2 heterocycles. The van der Waals surface area contributed by atoms with Crippen molar-refractivity contribution >= 4 is 18.3 Å². The smallest absolute Gasteiger partial charge is 0.272 e. The highest BCUT2D eigenvalue weighted by atomic mass is 35.5. The van der Waals surface area contributed by atoms with Crippen LogP contribution in [0.4, 0.5) is 8.78 Å². The number of benzene rings is 1. The summed E-state index contributed by atoms with van der Waals surface area (Å²) in [6.45, 7) is -0.226. The van der Waals surface area contributed by atoms with Crippen molar-refractivity contribution in [3.05, 3.63) is 29.8 Å². The first-order chi connectivity index (χ1) is 11.6. The van der Waals surface area contributed by atoms with Gasteiger partial charge in [-0.25, -0.2) is 8.78 Å². The van der Waals surface area contributed by atoms with Crippen LogP contribution in [-0.4, -0.2) is 31.0 Å². The van der Waals surface area contributed by atoms with Crippen LogP contribution >= 0.6 is 12.4 Å². The number of ether oxygens (including phenoxy) is 1. The fourth-order valence-corrected chi connectivity index (χ4v) is 3.78. The average Bonchev–Trinajstić information content (AvgIpc) is 2.90. The summed E-state index contributed by atoms with van der Waals surface area (Å²) in [5, 5.41) is 6.50. The molecular weight excluding hydrogens is 350 g/mol. The summed E-state index contributed by atoms with van der Waals surface area (Å²) in [5.41, 5.74) is 0.848. The Labute approximate surface area is 153 Å². The fourth-order valence-electron chi connectivity index (χ4n) is 3.78. The molecule has 0 saturated carbocycles. The molecule has 0 radical (unpaired) electrons. The normalized spacial score (nSPS) is 24.7. The van der Waals surface area contributed by atoms with Gasteiger partial charge in [0.15, 0.2) is 0 Å². The topological polar surface area (TPSA) is 50.4 Å². The number of hydrogen-bond acceptors (Lipinski definition) is 3. The third kappa shape index (κ3) is 6.12. The zero-order chi connectivity index (χ0) is 16.9. The van der Waals surface area contributed by atoms with E-state index in [0.29, 0.717) is 36.7 Å². The van der Waals surface area contributed by atoms with Crippen LogP contribution in [0.5, 0.6) is 5.75 Å². The number of rotatable bonds is 7. The largest absolute Gasteiger partial charge is 0.488 e. The van der Waals surface area contributed by atoms with Crippen LogP contribution in [0, 0.1) is 5.92 Å². The molecule has 140 valence electrons. The van der Waals surface area contributed by atoms with Crippen molar-refractivity contribution < 1.29 is 18.3 Å². The second-order valence-electron chi connectivity index (χ2n) is 6.81. The van der Waals surface area contributed by atoms with E-state index < -0.39 is 13.0 Å². The molecule has 2 saturated heterocycles. The molecule has 0 aromatic heterocycles. The Bertz CT molecular complexity index is 562. The molecule has 25 heavy (non-hydrogen) atoms. The van der Waals surface area contributed by atoms with Gasteiger partial charge in [0.25, 0.3) is 6.43 Å². The van der Waals surface area contributed by atoms with E-state index in [1.165, 1.54) is 12.8 Å². The molecular formula is C18H25ClF2N2O2. The summed E-state index contributed by atoms with van der Waals surface area (Å²) >= 11 is 0. The van der Waals surface area contributed by atoms with Crippen molar-refractivity contribution in [3.63, 3.8) is 0 Å². The Kier molecular flexibility index (Phi) is 7.44. The number of halogens is 3. The van der Waals surface area contributed by atoms with Gasteiger partial charge in [0.2, 0.25) is 5.91 Å². The first kappa shape index (κ1) is 19.9. The van der Waals surface area contributed by atoms with E-state index in [-0.39, 0.29) is 18.3 Å². The van der Waals surface area contributed by atoms with Gasteiger partial charge in [-0.05, 0) is 49.3 Å². The number of piperidine rings is 1. The summed E-state index contributed by atoms with van der Waals surface area (Å²) < 4.78 is 29.3. The molecule has 2 atom stereocenters. The quantitative estimate of drug-likeness (QED) is 0.770. The molecule has 1 aromatic carbocycles. The Balaban J connectivity index is 0.00000225. The molecule has 2 N–H and O–H groups in total. The monoisotopic (exact) mass is 374 g/mol. The van der Waals surface area contributed by atoms with E-state index in [4.69, 9.17) is 4.74 Å². The minimum absolute atomic E-state index is 0. The van der Waals surface area contributed by atoms with Crippen molar-refractivity contribution in [1.29, 1.82) is 0 Å². The molecule has 2 aliphatic heterocycles. The molecule has 0 spiro atoms. The maximum absolute atomic E-state index is 12.2. The molecule has 2 bridgehead atoms. The van der Waals surface area contributed by atoms with Crippen molar-refractivity contribution in [2.75, 3.05) is 6.61 Å². The molecule has 4 nitrogen and oxygen atoms in total. The highest BCUT2D eigenvalue weighted by molar-refractivity contribution is 5.85. The third-order valence-corrected chi connectivity index (χ3v) is 4.81. The number of alkyl halides is 2. The zero-order valence-electron chi connectivity index (χ0n) is 14.0. The van der Waals surface area contributed by atoms with Crippen molar-refractivity contribution in [2.45, 2.75) is 57.2 Å². The van der Waals surface area contributed by atoms with Gasteiger partial charge < -0.3 is 15.4 Å². The summed E-state index contributed by atoms with van der Waals surface area (Å²) in [4.78, 5) is 12.2. The van der Waals surface area contributed by atoms with Crippen molar-refractivity contribution in [3.8, 4) is 5.75 Å². The van der Waals surface area contributed by atoms with E-state index in [1.54, 1.807) is 18.2 Å². The third-order valence-electron chi connectivity index (χ3n) is 4.81. The summed E-state index contributed by atoms with van der Waals surface area (Å²) in [6.07, 6.45) is 2.70. The van der Waals surface area contributed by atoms with E-state index in [2.05, 4.69) is 10.6 Å². The molecule has 2 fully saturated rings. The lowest BCUT2D eigenvalue weighted by Gasteiger charge is -2.28. The van der Waals surface area contributed by atoms with Crippen molar-refractivity contribution in [2.24, 2.45) is 5.92 Å². The molecule has 2 aliphatic rings. The Hall–Kier alpha value is -1.40. The number of carbonyl (C=O) groups excluding carboxylic acids is 1. The number of hydrogen-bond donors (Lipinski definition) is 2. The second-order valence-corrected chi connectivity index (χ2v) is 6.81. The van der Waals surface area contributed by atoms with E-state index in [9.17, 15) is 13.6 Å². The Morgan fingerprint density at radius 2 is 2.00 bits per heavy atom. The number of carbonyl (C=O) groups is 1. The summed E-state index contributed by atoms with van der Waals surface area (Å²) in [5.74, 6) is 0.918. The number of nitrogens with one attached hydrogen (secondary N) is 2. The predicted molar refractivity (Wildman–Crippen MR) is 94.3 cm³/mol. The minimum Gasteiger partial charge on any atom is -0.488 e. The van der Waals surface area contributed by atoms with E-state index in [1.807, 2.05) is 6.07 Å². The summed E-state index contributed by atoms with van der Waals surface area (Å²) in [7, 11) is 0. The van der Waals surface area contributed by atoms with Crippen molar-refractivity contribution in [1.82, 2.24) is 10.6 Å². The van der Waals surface area contributed by atoms with Crippen LogP contribution in [0.3, 0.4) is 0 Å². The van der Waals surface area contributed by atoms with Gasteiger partial charge in [-0.2, -0.15) is 0 Å². The highest BCUT2D eigenvalue weighted by Crippen LogP contribution is 2.32. The van der Waals surface area contributed by atoms with Crippen LogP contribution in [0.15, 0.2) is 24.3 Å². The number of amides is 1. The molecule has 1 aromatic rings. The minimum atomic E-state index is -2.49. The zero-order valence-corrected chi connectivity index (χ0v) is 14.9. The summed E-state index contributed by atoms with van der Waals surface area (Å²) in [6, 6.07) is 8.09. The predicted octanol–water partition coefficient (Wildman–Crippen LogP) is 3.29. The van der Waals surface area contributed by atoms with Gasteiger partial charge in [0.05, 0.1) is 0 Å². The van der Waals surface area contributed by atoms with Crippen LogP contribution in [0.2, 0.25) is 0 Å². The molecule has 2 unspecified atom stereocenters. The van der Waals surface area contributed by atoms with Crippen LogP contribution < -0.4 is 15.4 Å². The highest BCUT2D eigenvalue weighted by Gasteiger charge is 2.34. The fraction of sp³-hybridized carbons (Fsp3) is 0.611. The van der Waals surface area contributed by atoms with Gasteiger partial charge >= 0.3 is 0 Å². The maximum atomic E-state index is 12.2. The first-order valence-corrected chi connectivity index (χ1v) is 8.61. The Morgan fingerprint density at radius 3 is 2.68 bits per heavy atom. The van der Waals surface area contributed by atoms with Gasteiger partial charge in [-0.15, -0.1) is 12.4 Å². The molecule has 1 amide bonds. The van der Waals surface area contributed by atoms with Crippen LogP contribution in [0.1, 0.15) is 37.7 Å². The lowest BCUT2D eigenvalue weighted by Crippen LogP contribution is -2.39. The van der Waals surface area contributed by atoms with Crippen LogP contribution in [-0.2, 0) is 11.3 Å². The van der Waals surface area contributed by atoms with Gasteiger partial charge in [-0.1, -0.05) is 12.1 Å². The van der Waals surface area contributed by atoms with E-state index in [0.717, 1.165) is 18.4 Å². The standard InChI is InChI=1S/C18H24F2N2O2.ClH/c19-17(20)11-24-16-3-1-2-12(8-16)10-21-18(23)9-13-6-14-4-5-15(7-13)22-14;/h1-3,8,13-15,17,22H,4-7,9-11H2,(H,21,23);1H. The van der Waals surface area contributed by atoms with E-state index >= 15 is 0 Å². The Morgan fingerprint density at radius 1 is 1.28 bits per heavy atom. The second kappa shape index (κ2) is 9.34. The van der Waals surface area contributed by atoms with Gasteiger partial charge in [0.1, 0.15) is 12.4 Å². The maximum Gasteiger partial charge on any atom is 0.272 e. The van der Waals surface area contributed by atoms with Gasteiger partial charge in [-0.3, -0.25) is 4.79 Å². The lowest BCUT2D eigenvalue weighted by molar-refractivity contribution is -0.122. The lowest BCUT2D eigenvalue weighted by atomic mass is 9.89. The molecule has 3 rings (SSSR count). The first-order valence-electron chi connectivity index (χ1n) is 8.61. The van der Waals surface area contributed by atoms with Gasteiger partial charge in [0, 0.05) is 25.0 Å². The van der Waals surface area contributed by atoms with Crippen LogP contribution in [0.25, 0.3) is 0 Å². The number of fused-ring (bicyclic) bond motifs is 2.